The summed E-state index contributed by atoms with van der Waals surface area (Å²) in [5, 5.41) is 37.3. The lowest BCUT2D eigenvalue weighted by atomic mass is 10.1. The first-order valence-electron chi connectivity index (χ1n) is 5.44. The van der Waals surface area contributed by atoms with Crippen LogP contribution in [0.1, 0.15) is 5.56 Å². The number of hydrogen-bond acceptors (Lipinski definition) is 6. The Morgan fingerprint density at radius 2 is 1.83 bits per heavy atom. The van der Waals surface area contributed by atoms with Crippen LogP contribution in [0.15, 0.2) is 24.3 Å². The van der Waals surface area contributed by atoms with Crippen molar-refractivity contribution in [3.05, 3.63) is 29.8 Å². The SMILES string of the molecule is N#Cc1ccc(O[C@@H]2SC[C@@H](O)[C@H](O)[C@H]2O)cc1. The van der Waals surface area contributed by atoms with Gasteiger partial charge in [0.15, 0.2) is 5.44 Å². The lowest BCUT2D eigenvalue weighted by Crippen LogP contribution is -2.50. The Morgan fingerprint density at radius 3 is 2.44 bits per heavy atom. The smallest absolute Gasteiger partial charge is 0.173 e. The van der Waals surface area contributed by atoms with Crippen molar-refractivity contribution in [2.45, 2.75) is 23.7 Å². The Morgan fingerprint density at radius 1 is 1.17 bits per heavy atom. The van der Waals surface area contributed by atoms with Gasteiger partial charge in [-0.05, 0) is 24.3 Å². The third-order valence-electron chi connectivity index (χ3n) is 2.69. The summed E-state index contributed by atoms with van der Waals surface area (Å²) in [6.45, 7) is 0. The fourth-order valence-corrected chi connectivity index (χ4v) is 2.75. The van der Waals surface area contributed by atoms with E-state index in [1.54, 1.807) is 24.3 Å². The predicted molar refractivity (Wildman–Crippen MR) is 66.1 cm³/mol. The highest BCUT2D eigenvalue weighted by Gasteiger charge is 2.38. The standard InChI is InChI=1S/C12H13NO4S/c13-5-7-1-3-8(4-2-7)17-12-11(16)10(15)9(14)6-18-12/h1-4,9-12,14-16H,6H2/t9-,10+,11-,12-/m1/s1. The van der Waals surface area contributed by atoms with Crippen LogP contribution < -0.4 is 4.74 Å². The minimum Gasteiger partial charge on any atom is -0.477 e. The van der Waals surface area contributed by atoms with Crippen LogP contribution in [0.2, 0.25) is 0 Å². The van der Waals surface area contributed by atoms with E-state index >= 15 is 0 Å². The largest absolute Gasteiger partial charge is 0.477 e. The minimum atomic E-state index is -1.20. The van der Waals surface area contributed by atoms with E-state index < -0.39 is 23.7 Å². The van der Waals surface area contributed by atoms with Gasteiger partial charge in [-0.3, -0.25) is 0 Å². The zero-order valence-corrected chi connectivity index (χ0v) is 10.2. The van der Waals surface area contributed by atoms with Crippen molar-refractivity contribution >= 4 is 11.8 Å². The molecule has 96 valence electrons. The van der Waals surface area contributed by atoms with Gasteiger partial charge in [0, 0.05) is 5.75 Å². The summed E-state index contributed by atoms with van der Waals surface area (Å²) in [4.78, 5) is 0. The van der Waals surface area contributed by atoms with Gasteiger partial charge >= 0.3 is 0 Å². The maximum atomic E-state index is 9.76. The number of benzene rings is 1. The first-order valence-corrected chi connectivity index (χ1v) is 6.49. The molecule has 18 heavy (non-hydrogen) atoms. The van der Waals surface area contributed by atoms with E-state index in [2.05, 4.69) is 0 Å². The fraction of sp³-hybridized carbons (Fsp3) is 0.417. The van der Waals surface area contributed by atoms with Gasteiger partial charge < -0.3 is 20.1 Å². The molecule has 0 saturated carbocycles. The number of aliphatic hydroxyl groups excluding tert-OH is 3. The number of nitrogens with zero attached hydrogens (tertiary/aromatic N) is 1. The summed E-state index contributed by atoms with van der Waals surface area (Å²) < 4.78 is 5.52. The van der Waals surface area contributed by atoms with Crippen molar-refractivity contribution in [3.8, 4) is 11.8 Å². The molecule has 1 heterocycles. The highest BCUT2D eigenvalue weighted by atomic mass is 32.2. The summed E-state index contributed by atoms with van der Waals surface area (Å²) in [5.41, 5.74) is -0.106. The first-order chi connectivity index (χ1) is 8.61. The minimum absolute atomic E-state index is 0.305. The van der Waals surface area contributed by atoms with E-state index in [1.807, 2.05) is 6.07 Å². The van der Waals surface area contributed by atoms with Gasteiger partial charge in [-0.2, -0.15) is 5.26 Å². The molecular weight excluding hydrogens is 254 g/mol. The van der Waals surface area contributed by atoms with E-state index in [9.17, 15) is 15.3 Å². The molecule has 1 fully saturated rings. The Kier molecular flexibility index (Phi) is 4.09. The predicted octanol–water partition coefficient (Wildman–Crippen LogP) is 0.0927. The Labute approximate surface area is 109 Å². The molecule has 4 atom stereocenters. The van der Waals surface area contributed by atoms with Gasteiger partial charge in [0.2, 0.25) is 0 Å². The summed E-state index contributed by atoms with van der Waals surface area (Å²) >= 11 is 1.24. The molecule has 2 rings (SSSR count). The van der Waals surface area contributed by atoms with Crippen molar-refractivity contribution in [1.82, 2.24) is 0 Å². The van der Waals surface area contributed by atoms with Crippen molar-refractivity contribution in [3.63, 3.8) is 0 Å². The fourth-order valence-electron chi connectivity index (χ4n) is 1.63. The van der Waals surface area contributed by atoms with E-state index in [1.165, 1.54) is 11.8 Å². The monoisotopic (exact) mass is 267 g/mol. The summed E-state index contributed by atoms with van der Waals surface area (Å²) in [7, 11) is 0. The number of rotatable bonds is 2. The Hall–Kier alpha value is -1.26. The molecule has 0 bridgehead atoms. The van der Waals surface area contributed by atoms with Crippen molar-refractivity contribution < 1.29 is 20.1 Å². The van der Waals surface area contributed by atoms with Crippen LogP contribution in [0.3, 0.4) is 0 Å². The van der Waals surface area contributed by atoms with Crippen LogP contribution in [-0.4, -0.2) is 44.8 Å². The lowest BCUT2D eigenvalue weighted by molar-refractivity contribution is -0.0786. The molecule has 0 amide bonds. The summed E-state index contributed by atoms with van der Waals surface area (Å²) in [6, 6.07) is 8.48. The topological polar surface area (TPSA) is 93.7 Å². The highest BCUT2D eigenvalue weighted by Crippen LogP contribution is 2.29. The zero-order chi connectivity index (χ0) is 13.1. The molecule has 0 unspecified atom stereocenters. The van der Waals surface area contributed by atoms with Gasteiger partial charge in [0.1, 0.15) is 18.0 Å². The maximum absolute atomic E-state index is 9.76. The average molecular weight is 267 g/mol. The Balaban J connectivity index is 2.02. The number of ether oxygens (including phenoxy) is 1. The molecule has 3 N–H and O–H groups in total. The summed E-state index contributed by atoms with van der Waals surface area (Å²) in [6.07, 6.45) is -3.28. The van der Waals surface area contributed by atoms with Gasteiger partial charge in [0.05, 0.1) is 17.7 Å². The number of aliphatic hydroxyl groups is 3. The quantitative estimate of drug-likeness (QED) is 0.703. The molecule has 0 spiro atoms. The van der Waals surface area contributed by atoms with Gasteiger partial charge in [-0.15, -0.1) is 11.8 Å². The molecule has 6 heteroatoms. The molecule has 5 nitrogen and oxygen atoms in total. The second-order valence-electron chi connectivity index (χ2n) is 4.00. The highest BCUT2D eigenvalue weighted by molar-refractivity contribution is 7.99. The zero-order valence-electron chi connectivity index (χ0n) is 9.43. The second-order valence-corrected chi connectivity index (χ2v) is 5.14. The normalized spacial score (nSPS) is 31.7. The Bertz CT molecular complexity index is 444. The van der Waals surface area contributed by atoms with E-state index in [0.29, 0.717) is 17.1 Å². The number of nitriles is 1. The van der Waals surface area contributed by atoms with Crippen molar-refractivity contribution in [2.75, 3.05) is 5.75 Å². The van der Waals surface area contributed by atoms with Gasteiger partial charge in [-0.25, -0.2) is 0 Å². The lowest BCUT2D eigenvalue weighted by Gasteiger charge is -2.34. The average Bonchev–Trinajstić information content (AvgIpc) is 2.40. The van der Waals surface area contributed by atoms with E-state index in [-0.39, 0.29) is 0 Å². The van der Waals surface area contributed by atoms with Crippen LogP contribution in [-0.2, 0) is 0 Å². The molecule has 1 aromatic rings. The molecule has 0 aromatic heterocycles. The van der Waals surface area contributed by atoms with Crippen LogP contribution in [0.5, 0.6) is 5.75 Å². The third kappa shape index (κ3) is 2.76. The van der Waals surface area contributed by atoms with Gasteiger partial charge in [0.25, 0.3) is 0 Å². The van der Waals surface area contributed by atoms with Gasteiger partial charge in [-0.1, -0.05) is 0 Å². The van der Waals surface area contributed by atoms with Crippen LogP contribution in [0, 0.1) is 11.3 Å². The summed E-state index contributed by atoms with van der Waals surface area (Å²) in [5.74, 6) is 0.813. The van der Waals surface area contributed by atoms with Crippen molar-refractivity contribution in [1.29, 1.82) is 5.26 Å². The van der Waals surface area contributed by atoms with Crippen molar-refractivity contribution in [2.24, 2.45) is 0 Å². The molecule has 1 aromatic carbocycles. The van der Waals surface area contributed by atoms with Crippen LogP contribution in [0.4, 0.5) is 0 Å². The molecule has 1 saturated heterocycles. The maximum Gasteiger partial charge on any atom is 0.173 e. The molecule has 0 radical (unpaired) electrons. The van der Waals surface area contributed by atoms with E-state index in [4.69, 9.17) is 10.00 Å². The molecular formula is C12H13NO4S. The van der Waals surface area contributed by atoms with Crippen LogP contribution in [0.25, 0.3) is 0 Å². The number of hydrogen-bond donors (Lipinski definition) is 3. The molecule has 1 aliphatic heterocycles. The number of thioether (sulfide) groups is 1. The van der Waals surface area contributed by atoms with Crippen LogP contribution >= 0.6 is 11.8 Å². The third-order valence-corrected chi connectivity index (χ3v) is 3.93. The van der Waals surface area contributed by atoms with E-state index in [0.717, 1.165) is 0 Å². The molecule has 0 aliphatic carbocycles. The second kappa shape index (κ2) is 5.59. The first kappa shape index (κ1) is 13.2. The molecule has 1 aliphatic rings.